The van der Waals surface area contributed by atoms with Crippen LogP contribution in [0.5, 0.6) is 0 Å². The summed E-state index contributed by atoms with van der Waals surface area (Å²) in [6, 6.07) is 11.7. The molecule has 0 aromatic heterocycles. The van der Waals surface area contributed by atoms with Gasteiger partial charge in [-0.3, -0.25) is 13.9 Å². The van der Waals surface area contributed by atoms with Crippen LogP contribution in [0.25, 0.3) is 0 Å². The Labute approximate surface area is 189 Å². The third-order valence-corrected chi connectivity index (χ3v) is 6.25. The molecule has 1 N–H and O–H groups in total. The molecule has 2 rings (SSSR count). The quantitative estimate of drug-likeness (QED) is 0.587. The number of carbonyl (C=O) groups is 2. The van der Waals surface area contributed by atoms with Crippen molar-refractivity contribution in [3.8, 4) is 0 Å². The molecule has 2 amide bonds. The minimum absolute atomic E-state index is 0.0442. The number of amides is 2. The maximum atomic E-state index is 13.7. The first-order valence-corrected chi connectivity index (χ1v) is 12.3. The van der Waals surface area contributed by atoms with Crippen LogP contribution in [0.1, 0.15) is 31.4 Å². The van der Waals surface area contributed by atoms with E-state index in [-0.39, 0.29) is 18.1 Å². The Hall–Kier alpha value is -2.94. The average Bonchev–Trinajstić information content (AvgIpc) is 2.72. The van der Waals surface area contributed by atoms with Gasteiger partial charge in [-0.1, -0.05) is 37.3 Å². The number of hydrogen-bond acceptors (Lipinski definition) is 4. The molecule has 0 radical (unpaired) electrons. The molecule has 2 aromatic rings. The van der Waals surface area contributed by atoms with Gasteiger partial charge in [0.1, 0.15) is 18.4 Å². The predicted molar refractivity (Wildman–Crippen MR) is 123 cm³/mol. The van der Waals surface area contributed by atoms with Gasteiger partial charge in [0.15, 0.2) is 0 Å². The number of nitrogens with zero attached hydrogens (tertiary/aromatic N) is 2. The smallest absolute Gasteiger partial charge is 0.244 e. The highest BCUT2D eigenvalue weighted by molar-refractivity contribution is 7.92. The summed E-state index contributed by atoms with van der Waals surface area (Å²) in [5.41, 5.74) is 1.84. The molecule has 0 spiro atoms. The fourth-order valence-electron chi connectivity index (χ4n) is 3.43. The van der Waals surface area contributed by atoms with Crippen molar-refractivity contribution in [2.75, 3.05) is 23.7 Å². The fraction of sp³-hybridized carbons (Fsp3) is 0.391. The van der Waals surface area contributed by atoms with Crippen LogP contribution in [0.15, 0.2) is 48.5 Å². The molecule has 2 aromatic carbocycles. The Morgan fingerprint density at radius 3 is 2.34 bits per heavy atom. The first kappa shape index (κ1) is 25.3. The average molecular weight is 464 g/mol. The number of rotatable bonds is 10. The monoisotopic (exact) mass is 463 g/mol. The number of aryl methyl sites for hydroxylation is 1. The molecule has 0 aliphatic heterocycles. The first-order valence-electron chi connectivity index (χ1n) is 10.4. The first-order chi connectivity index (χ1) is 15.1. The van der Waals surface area contributed by atoms with Gasteiger partial charge in [-0.2, -0.15) is 0 Å². The molecule has 0 fully saturated rings. The molecule has 1 unspecified atom stereocenters. The van der Waals surface area contributed by atoms with E-state index in [1.54, 1.807) is 13.8 Å². The highest BCUT2D eigenvalue weighted by Gasteiger charge is 2.31. The Kier molecular flexibility index (Phi) is 8.77. The van der Waals surface area contributed by atoms with Crippen molar-refractivity contribution in [2.45, 2.75) is 39.8 Å². The van der Waals surface area contributed by atoms with Gasteiger partial charge < -0.3 is 10.2 Å². The number of nitrogens with one attached hydrogen (secondary N) is 1. The number of benzene rings is 2. The zero-order chi connectivity index (χ0) is 23.9. The lowest BCUT2D eigenvalue weighted by atomic mass is 10.1. The molecular weight excluding hydrogens is 433 g/mol. The van der Waals surface area contributed by atoms with E-state index in [2.05, 4.69) is 5.32 Å². The summed E-state index contributed by atoms with van der Waals surface area (Å²) in [6.45, 7) is 5.47. The number of sulfonamides is 1. The van der Waals surface area contributed by atoms with Gasteiger partial charge in [0, 0.05) is 13.1 Å². The molecule has 0 saturated carbocycles. The Balaban J connectivity index is 2.45. The SMILES string of the molecule is CCNC(=O)C(CC)N(Cc1ccccc1C)C(=O)CN(c1cccc(F)c1)S(C)(=O)=O. The summed E-state index contributed by atoms with van der Waals surface area (Å²) in [4.78, 5) is 27.5. The van der Waals surface area contributed by atoms with Gasteiger partial charge in [0.25, 0.3) is 0 Å². The van der Waals surface area contributed by atoms with Crippen LogP contribution in [-0.4, -0.2) is 50.5 Å². The molecule has 1 atom stereocenters. The molecule has 174 valence electrons. The molecule has 0 aliphatic rings. The number of anilines is 1. The lowest BCUT2D eigenvalue weighted by Crippen LogP contribution is -2.52. The van der Waals surface area contributed by atoms with Crippen LogP contribution in [0.2, 0.25) is 0 Å². The van der Waals surface area contributed by atoms with Gasteiger partial charge in [-0.25, -0.2) is 12.8 Å². The maximum absolute atomic E-state index is 13.7. The number of likely N-dealkylation sites (N-methyl/N-ethyl adjacent to an activating group) is 1. The lowest BCUT2D eigenvalue weighted by molar-refractivity contribution is -0.140. The highest BCUT2D eigenvalue weighted by Crippen LogP contribution is 2.21. The summed E-state index contributed by atoms with van der Waals surface area (Å²) >= 11 is 0. The summed E-state index contributed by atoms with van der Waals surface area (Å²) in [7, 11) is -3.89. The zero-order valence-corrected chi connectivity index (χ0v) is 19.7. The van der Waals surface area contributed by atoms with Crippen LogP contribution in [0.4, 0.5) is 10.1 Å². The Bertz CT molecular complexity index is 1060. The van der Waals surface area contributed by atoms with Crippen LogP contribution in [0.3, 0.4) is 0 Å². The minimum Gasteiger partial charge on any atom is -0.355 e. The van der Waals surface area contributed by atoms with E-state index in [0.717, 1.165) is 27.8 Å². The van der Waals surface area contributed by atoms with E-state index in [9.17, 15) is 22.4 Å². The highest BCUT2D eigenvalue weighted by atomic mass is 32.2. The van der Waals surface area contributed by atoms with Crippen LogP contribution in [-0.2, 0) is 26.2 Å². The second-order valence-corrected chi connectivity index (χ2v) is 9.42. The maximum Gasteiger partial charge on any atom is 0.244 e. The van der Waals surface area contributed by atoms with Gasteiger partial charge in [-0.15, -0.1) is 0 Å². The predicted octanol–water partition coefficient (Wildman–Crippen LogP) is 2.84. The van der Waals surface area contributed by atoms with Crippen molar-refractivity contribution in [3.05, 3.63) is 65.5 Å². The Morgan fingerprint density at radius 1 is 1.09 bits per heavy atom. The normalized spacial score (nSPS) is 12.2. The standard InChI is InChI=1S/C23H30FN3O4S/c1-5-21(23(29)25-6-2)26(15-18-11-8-7-10-17(18)3)22(28)16-27(32(4,30)31)20-13-9-12-19(24)14-20/h7-14,21H,5-6,15-16H2,1-4H3,(H,25,29). The zero-order valence-electron chi connectivity index (χ0n) is 18.8. The summed E-state index contributed by atoms with van der Waals surface area (Å²) < 4.78 is 39.5. The van der Waals surface area contributed by atoms with E-state index < -0.39 is 34.3 Å². The molecule has 0 saturated heterocycles. The summed E-state index contributed by atoms with van der Waals surface area (Å²) in [5, 5.41) is 2.74. The van der Waals surface area contributed by atoms with Crippen LogP contribution < -0.4 is 9.62 Å². The van der Waals surface area contributed by atoms with Gasteiger partial charge in [-0.05, 0) is 49.6 Å². The van der Waals surface area contributed by atoms with Gasteiger partial charge in [0.2, 0.25) is 21.8 Å². The third-order valence-electron chi connectivity index (χ3n) is 5.11. The second kappa shape index (κ2) is 11.1. The van der Waals surface area contributed by atoms with E-state index in [1.165, 1.54) is 23.1 Å². The summed E-state index contributed by atoms with van der Waals surface area (Å²) in [6.07, 6.45) is 1.31. The van der Waals surface area contributed by atoms with Crippen molar-refractivity contribution in [3.63, 3.8) is 0 Å². The number of halogens is 1. The largest absolute Gasteiger partial charge is 0.355 e. The van der Waals surface area contributed by atoms with E-state index in [0.29, 0.717) is 13.0 Å². The van der Waals surface area contributed by atoms with Crippen molar-refractivity contribution in [1.82, 2.24) is 10.2 Å². The van der Waals surface area contributed by atoms with Crippen molar-refractivity contribution in [2.24, 2.45) is 0 Å². The van der Waals surface area contributed by atoms with Crippen molar-refractivity contribution < 1.29 is 22.4 Å². The molecule has 7 nitrogen and oxygen atoms in total. The van der Waals surface area contributed by atoms with Crippen molar-refractivity contribution in [1.29, 1.82) is 0 Å². The molecule has 0 heterocycles. The Morgan fingerprint density at radius 2 is 1.78 bits per heavy atom. The van der Waals surface area contributed by atoms with E-state index >= 15 is 0 Å². The molecule has 0 aliphatic carbocycles. The van der Waals surface area contributed by atoms with Gasteiger partial charge >= 0.3 is 0 Å². The molecular formula is C23H30FN3O4S. The fourth-order valence-corrected chi connectivity index (χ4v) is 4.27. The van der Waals surface area contributed by atoms with Crippen molar-refractivity contribution >= 4 is 27.5 Å². The molecule has 0 bridgehead atoms. The number of hydrogen-bond donors (Lipinski definition) is 1. The van der Waals surface area contributed by atoms with E-state index in [4.69, 9.17) is 0 Å². The molecule has 32 heavy (non-hydrogen) atoms. The minimum atomic E-state index is -3.89. The third kappa shape index (κ3) is 6.53. The number of carbonyl (C=O) groups excluding carboxylic acids is 2. The van der Waals surface area contributed by atoms with Gasteiger partial charge in [0.05, 0.1) is 11.9 Å². The van der Waals surface area contributed by atoms with Crippen LogP contribution in [0, 0.1) is 12.7 Å². The second-order valence-electron chi connectivity index (χ2n) is 7.52. The topological polar surface area (TPSA) is 86.8 Å². The molecule has 9 heteroatoms. The van der Waals surface area contributed by atoms with E-state index in [1.807, 2.05) is 31.2 Å². The lowest BCUT2D eigenvalue weighted by Gasteiger charge is -2.33. The van der Waals surface area contributed by atoms with Crippen LogP contribution >= 0.6 is 0 Å². The summed E-state index contributed by atoms with van der Waals surface area (Å²) in [5.74, 6) is -1.48.